The third-order valence-corrected chi connectivity index (χ3v) is 3.65. The van der Waals surface area contributed by atoms with E-state index in [0.29, 0.717) is 5.69 Å². The molecule has 0 unspecified atom stereocenters. The highest BCUT2D eigenvalue weighted by atomic mass is 16.1. The first kappa shape index (κ1) is 15.7. The lowest BCUT2D eigenvalue weighted by atomic mass is 10.2. The summed E-state index contributed by atoms with van der Waals surface area (Å²) in [6.07, 6.45) is 1.67. The number of amides is 1. The first-order valence-electron chi connectivity index (χ1n) is 7.82. The van der Waals surface area contributed by atoms with Crippen molar-refractivity contribution in [2.24, 2.45) is 0 Å². The Morgan fingerprint density at radius 3 is 2.29 bits per heavy atom. The van der Waals surface area contributed by atoms with E-state index in [1.54, 1.807) is 12.3 Å². The van der Waals surface area contributed by atoms with Gasteiger partial charge in [-0.1, -0.05) is 48.0 Å². The number of pyridine rings is 1. The molecule has 1 amide bonds. The van der Waals surface area contributed by atoms with Crippen molar-refractivity contribution in [3.05, 3.63) is 89.7 Å². The van der Waals surface area contributed by atoms with Crippen molar-refractivity contribution >= 4 is 17.3 Å². The van der Waals surface area contributed by atoms with E-state index in [9.17, 15) is 4.79 Å². The number of carbonyl (C=O) groups excluding carboxylic acids is 1. The number of anilines is 2. The molecule has 0 fully saturated rings. The van der Waals surface area contributed by atoms with Crippen molar-refractivity contribution in [2.75, 3.05) is 10.6 Å². The summed E-state index contributed by atoms with van der Waals surface area (Å²) in [7, 11) is 0. The van der Waals surface area contributed by atoms with Crippen LogP contribution in [-0.2, 0) is 6.54 Å². The Hall–Kier alpha value is -3.14. The maximum absolute atomic E-state index is 12.2. The van der Waals surface area contributed by atoms with Gasteiger partial charge in [0.2, 0.25) is 0 Å². The maximum atomic E-state index is 12.2. The molecule has 0 atom stereocenters. The summed E-state index contributed by atoms with van der Waals surface area (Å²) >= 11 is 0. The molecule has 4 nitrogen and oxygen atoms in total. The van der Waals surface area contributed by atoms with E-state index in [1.807, 2.05) is 55.5 Å². The summed E-state index contributed by atoms with van der Waals surface area (Å²) in [4.78, 5) is 16.4. The third kappa shape index (κ3) is 4.20. The fraction of sp³-hybridized carbons (Fsp3) is 0.100. The lowest BCUT2D eigenvalue weighted by Gasteiger charge is -2.08. The van der Waals surface area contributed by atoms with E-state index in [-0.39, 0.29) is 5.91 Å². The second-order valence-electron chi connectivity index (χ2n) is 5.59. The van der Waals surface area contributed by atoms with Gasteiger partial charge in [0, 0.05) is 12.2 Å². The maximum Gasteiger partial charge on any atom is 0.274 e. The number of aryl methyl sites for hydroxylation is 1. The minimum absolute atomic E-state index is 0.214. The molecule has 1 heterocycles. The van der Waals surface area contributed by atoms with Crippen molar-refractivity contribution in [1.29, 1.82) is 0 Å². The Kier molecular flexibility index (Phi) is 4.87. The molecule has 0 saturated heterocycles. The van der Waals surface area contributed by atoms with Crippen LogP contribution in [0.3, 0.4) is 0 Å². The van der Waals surface area contributed by atoms with Gasteiger partial charge in [-0.3, -0.25) is 4.79 Å². The molecule has 0 radical (unpaired) electrons. The number of rotatable bonds is 5. The number of carbonyl (C=O) groups is 1. The Labute approximate surface area is 141 Å². The highest BCUT2D eigenvalue weighted by Gasteiger charge is 2.07. The van der Waals surface area contributed by atoms with Crippen molar-refractivity contribution in [2.45, 2.75) is 13.5 Å². The van der Waals surface area contributed by atoms with Gasteiger partial charge in [-0.25, -0.2) is 4.98 Å². The molecule has 0 aliphatic heterocycles. The summed E-state index contributed by atoms with van der Waals surface area (Å²) in [6, 6.07) is 21.4. The number of hydrogen-bond donors (Lipinski definition) is 2. The van der Waals surface area contributed by atoms with Crippen molar-refractivity contribution in [3.8, 4) is 0 Å². The minimum Gasteiger partial charge on any atom is -0.380 e. The molecule has 0 aliphatic rings. The fourth-order valence-corrected chi connectivity index (χ4v) is 2.26. The van der Waals surface area contributed by atoms with Crippen LogP contribution in [0.15, 0.2) is 72.9 Å². The molecule has 0 saturated carbocycles. The van der Waals surface area contributed by atoms with Crippen LogP contribution in [-0.4, -0.2) is 10.9 Å². The zero-order valence-corrected chi connectivity index (χ0v) is 13.5. The topological polar surface area (TPSA) is 54.0 Å². The van der Waals surface area contributed by atoms with Crippen LogP contribution in [0.4, 0.5) is 11.4 Å². The van der Waals surface area contributed by atoms with Crippen LogP contribution in [0.25, 0.3) is 0 Å². The van der Waals surface area contributed by atoms with Gasteiger partial charge < -0.3 is 10.6 Å². The van der Waals surface area contributed by atoms with Gasteiger partial charge in [0.05, 0.1) is 11.9 Å². The molecule has 2 N–H and O–H groups in total. The average Bonchev–Trinajstić information content (AvgIpc) is 2.63. The van der Waals surface area contributed by atoms with Crippen molar-refractivity contribution in [1.82, 2.24) is 4.98 Å². The Morgan fingerprint density at radius 2 is 1.62 bits per heavy atom. The minimum atomic E-state index is -0.214. The number of nitrogens with one attached hydrogen (secondary N) is 2. The van der Waals surface area contributed by atoms with Gasteiger partial charge in [-0.2, -0.15) is 0 Å². The molecule has 2 aromatic carbocycles. The SMILES string of the molecule is Cc1ccc(NC(=O)c2ccc(NCc3ccccc3)cn2)cc1. The largest absolute Gasteiger partial charge is 0.380 e. The van der Waals surface area contributed by atoms with Crippen LogP contribution < -0.4 is 10.6 Å². The van der Waals surface area contributed by atoms with Crippen LogP contribution in [0.1, 0.15) is 21.6 Å². The number of nitrogens with zero attached hydrogens (tertiary/aromatic N) is 1. The Balaban J connectivity index is 1.59. The molecule has 0 bridgehead atoms. The second kappa shape index (κ2) is 7.42. The number of aromatic nitrogens is 1. The summed E-state index contributed by atoms with van der Waals surface area (Å²) in [6.45, 7) is 2.73. The molecule has 24 heavy (non-hydrogen) atoms. The summed E-state index contributed by atoms with van der Waals surface area (Å²) < 4.78 is 0. The molecular formula is C20H19N3O. The van der Waals surface area contributed by atoms with Crippen molar-refractivity contribution in [3.63, 3.8) is 0 Å². The molecule has 0 spiro atoms. The van der Waals surface area contributed by atoms with Gasteiger partial charge >= 0.3 is 0 Å². The van der Waals surface area contributed by atoms with Gasteiger partial charge in [0.15, 0.2) is 0 Å². The number of benzene rings is 2. The van der Waals surface area contributed by atoms with Gasteiger partial charge in [-0.15, -0.1) is 0 Å². The smallest absolute Gasteiger partial charge is 0.274 e. The normalized spacial score (nSPS) is 10.2. The lowest BCUT2D eigenvalue weighted by molar-refractivity contribution is 0.102. The van der Waals surface area contributed by atoms with Gasteiger partial charge in [0.1, 0.15) is 5.69 Å². The molecule has 120 valence electrons. The molecule has 4 heteroatoms. The molecule has 1 aromatic heterocycles. The van der Waals surface area contributed by atoms with E-state index in [4.69, 9.17) is 0 Å². The summed E-state index contributed by atoms with van der Waals surface area (Å²) in [5.74, 6) is -0.214. The zero-order chi connectivity index (χ0) is 16.8. The standard InChI is InChI=1S/C20H19N3O/c1-15-7-9-17(10-8-15)23-20(24)19-12-11-18(14-22-19)21-13-16-5-3-2-4-6-16/h2-12,14,21H,13H2,1H3,(H,23,24). The summed E-state index contributed by atoms with van der Waals surface area (Å²) in [5.41, 5.74) is 4.38. The lowest BCUT2D eigenvalue weighted by Crippen LogP contribution is -2.13. The first-order valence-corrected chi connectivity index (χ1v) is 7.82. The molecular weight excluding hydrogens is 298 g/mol. The zero-order valence-electron chi connectivity index (χ0n) is 13.5. The molecule has 3 rings (SSSR count). The predicted octanol–water partition coefficient (Wildman–Crippen LogP) is 4.25. The van der Waals surface area contributed by atoms with Crippen LogP contribution in [0.2, 0.25) is 0 Å². The number of hydrogen-bond acceptors (Lipinski definition) is 3. The Morgan fingerprint density at radius 1 is 0.917 bits per heavy atom. The van der Waals surface area contributed by atoms with Gasteiger partial charge in [-0.05, 0) is 36.8 Å². The van der Waals surface area contributed by atoms with Crippen LogP contribution in [0, 0.1) is 6.92 Å². The predicted molar refractivity (Wildman–Crippen MR) is 97.1 cm³/mol. The van der Waals surface area contributed by atoms with E-state index in [0.717, 1.165) is 23.5 Å². The van der Waals surface area contributed by atoms with E-state index >= 15 is 0 Å². The summed E-state index contributed by atoms with van der Waals surface area (Å²) in [5, 5.41) is 6.13. The molecule has 3 aromatic rings. The molecule has 0 aliphatic carbocycles. The van der Waals surface area contributed by atoms with Crippen LogP contribution in [0.5, 0.6) is 0 Å². The van der Waals surface area contributed by atoms with Gasteiger partial charge in [0.25, 0.3) is 5.91 Å². The van der Waals surface area contributed by atoms with E-state index in [2.05, 4.69) is 27.8 Å². The van der Waals surface area contributed by atoms with Crippen molar-refractivity contribution < 1.29 is 4.79 Å². The first-order chi connectivity index (χ1) is 11.7. The van der Waals surface area contributed by atoms with E-state index < -0.39 is 0 Å². The third-order valence-electron chi connectivity index (χ3n) is 3.65. The monoisotopic (exact) mass is 317 g/mol. The fourth-order valence-electron chi connectivity index (χ4n) is 2.26. The highest BCUT2D eigenvalue weighted by Crippen LogP contribution is 2.12. The average molecular weight is 317 g/mol. The van der Waals surface area contributed by atoms with Crippen LogP contribution >= 0.6 is 0 Å². The van der Waals surface area contributed by atoms with E-state index in [1.165, 1.54) is 5.56 Å². The quantitative estimate of drug-likeness (QED) is 0.739. The second-order valence-corrected chi connectivity index (χ2v) is 5.59. The highest BCUT2D eigenvalue weighted by molar-refractivity contribution is 6.02. The Bertz CT molecular complexity index is 797.